The molecule has 12 heavy (non-hydrogen) atoms. The van der Waals surface area contributed by atoms with Gasteiger partial charge in [-0.1, -0.05) is 18.2 Å². The third-order valence-corrected chi connectivity index (χ3v) is 1.53. The van der Waals surface area contributed by atoms with Gasteiger partial charge in [-0.2, -0.15) is 0 Å². The van der Waals surface area contributed by atoms with Crippen LogP contribution in [0.1, 0.15) is 5.56 Å². The summed E-state index contributed by atoms with van der Waals surface area (Å²) in [6.07, 6.45) is 0. The predicted molar refractivity (Wildman–Crippen MR) is 45.4 cm³/mol. The van der Waals surface area contributed by atoms with Crippen molar-refractivity contribution in [2.75, 3.05) is 7.05 Å². The maximum absolute atomic E-state index is 10.0. The van der Waals surface area contributed by atoms with E-state index >= 15 is 0 Å². The first-order valence-corrected chi connectivity index (χ1v) is 3.55. The van der Waals surface area contributed by atoms with Gasteiger partial charge < -0.3 is 5.11 Å². The molecule has 1 aromatic rings. The van der Waals surface area contributed by atoms with E-state index < -0.39 is 0 Å². The first-order chi connectivity index (χ1) is 5.74. The zero-order valence-electron chi connectivity index (χ0n) is 6.77. The van der Waals surface area contributed by atoms with Gasteiger partial charge in [0.2, 0.25) is 0 Å². The van der Waals surface area contributed by atoms with E-state index in [1.807, 2.05) is 0 Å². The lowest BCUT2D eigenvalue weighted by Gasteiger charge is -2.08. The third kappa shape index (κ3) is 1.95. The number of benzene rings is 1. The second kappa shape index (κ2) is 3.71. The zero-order chi connectivity index (χ0) is 8.97. The smallest absolute Gasteiger partial charge is 0.120 e. The highest BCUT2D eigenvalue weighted by molar-refractivity contribution is 5.31. The van der Waals surface area contributed by atoms with Crippen molar-refractivity contribution in [1.82, 2.24) is 5.01 Å². The molecule has 0 saturated carbocycles. The topological polar surface area (TPSA) is 52.9 Å². The molecule has 0 aliphatic carbocycles. The average Bonchev–Trinajstić information content (AvgIpc) is 2.09. The molecule has 0 heterocycles. The summed E-state index contributed by atoms with van der Waals surface area (Å²) in [5.74, 6) is 0.188. The van der Waals surface area contributed by atoms with Crippen molar-refractivity contribution in [3.63, 3.8) is 0 Å². The van der Waals surface area contributed by atoms with Crippen molar-refractivity contribution in [1.29, 1.82) is 0 Å². The molecule has 4 nitrogen and oxygen atoms in total. The number of nitrogens with zero attached hydrogens (tertiary/aromatic N) is 2. The van der Waals surface area contributed by atoms with Crippen molar-refractivity contribution in [2.24, 2.45) is 5.29 Å². The summed E-state index contributed by atoms with van der Waals surface area (Å²) in [5, 5.41) is 13.2. The Balaban J connectivity index is 2.75. The van der Waals surface area contributed by atoms with Gasteiger partial charge in [0.05, 0.1) is 11.8 Å². The molecule has 64 valence electrons. The SMILES string of the molecule is CN(Cc1ccccc1O)N=O. The van der Waals surface area contributed by atoms with Gasteiger partial charge in [-0.15, -0.1) is 4.91 Å². The van der Waals surface area contributed by atoms with Crippen molar-refractivity contribution < 1.29 is 5.11 Å². The Kier molecular flexibility index (Phi) is 2.63. The number of hydrogen-bond donors (Lipinski definition) is 1. The zero-order valence-corrected chi connectivity index (χ0v) is 6.77. The van der Waals surface area contributed by atoms with Crippen LogP contribution in [0.5, 0.6) is 5.75 Å². The fourth-order valence-corrected chi connectivity index (χ4v) is 0.920. The van der Waals surface area contributed by atoms with Gasteiger partial charge in [0.1, 0.15) is 5.75 Å². The van der Waals surface area contributed by atoms with Crippen molar-refractivity contribution >= 4 is 0 Å². The molecule has 0 fully saturated rings. The second-order valence-corrected chi connectivity index (χ2v) is 2.53. The molecule has 0 radical (unpaired) electrons. The van der Waals surface area contributed by atoms with Crippen LogP contribution >= 0.6 is 0 Å². The predicted octanol–water partition coefficient (Wildman–Crippen LogP) is 1.51. The van der Waals surface area contributed by atoms with Gasteiger partial charge in [-0.05, 0) is 6.07 Å². The number of aromatic hydroxyl groups is 1. The molecule has 0 spiro atoms. The van der Waals surface area contributed by atoms with E-state index in [2.05, 4.69) is 5.29 Å². The Hall–Kier alpha value is -1.58. The molecule has 0 aromatic heterocycles. The summed E-state index contributed by atoms with van der Waals surface area (Å²) < 4.78 is 0. The van der Waals surface area contributed by atoms with Gasteiger partial charge >= 0.3 is 0 Å². The highest BCUT2D eigenvalue weighted by Gasteiger charge is 2.01. The molecule has 0 saturated heterocycles. The lowest BCUT2D eigenvalue weighted by Crippen LogP contribution is -2.08. The molecular weight excluding hydrogens is 156 g/mol. The minimum absolute atomic E-state index is 0.188. The molecule has 0 aliphatic heterocycles. The third-order valence-electron chi connectivity index (χ3n) is 1.53. The molecule has 0 atom stereocenters. The van der Waals surface area contributed by atoms with Crippen LogP contribution < -0.4 is 0 Å². The first-order valence-electron chi connectivity index (χ1n) is 3.55. The number of phenols is 1. The van der Waals surface area contributed by atoms with Crippen LogP contribution in [0.4, 0.5) is 0 Å². The monoisotopic (exact) mass is 166 g/mol. The molecule has 1 N–H and O–H groups in total. The number of phenolic OH excluding ortho intramolecular Hbond substituents is 1. The largest absolute Gasteiger partial charge is 0.508 e. The molecule has 1 aromatic carbocycles. The first kappa shape index (κ1) is 8.52. The number of nitroso groups, excluding NO2 is 1. The van der Waals surface area contributed by atoms with E-state index in [9.17, 15) is 10.0 Å². The van der Waals surface area contributed by atoms with Crippen molar-refractivity contribution in [2.45, 2.75) is 6.54 Å². The Bertz CT molecular complexity index is 276. The lowest BCUT2D eigenvalue weighted by atomic mass is 10.2. The van der Waals surface area contributed by atoms with Gasteiger partial charge in [0.15, 0.2) is 0 Å². The van der Waals surface area contributed by atoms with Crippen LogP contribution in [-0.4, -0.2) is 17.2 Å². The van der Waals surface area contributed by atoms with Gasteiger partial charge in [-0.25, -0.2) is 0 Å². The molecular formula is C8H10N2O2. The summed E-state index contributed by atoms with van der Waals surface area (Å²) in [6.45, 7) is 0.330. The standard InChI is InChI=1S/C8H10N2O2/c1-10(9-12)6-7-4-2-3-5-8(7)11/h2-5,11H,6H2,1H3. The summed E-state index contributed by atoms with van der Waals surface area (Å²) in [4.78, 5) is 10.0. The molecule has 0 bridgehead atoms. The molecule has 0 amide bonds. The molecule has 1 rings (SSSR count). The highest BCUT2D eigenvalue weighted by atomic mass is 16.3. The van der Waals surface area contributed by atoms with Crippen LogP contribution in [-0.2, 0) is 6.54 Å². The maximum atomic E-state index is 10.0. The van der Waals surface area contributed by atoms with Crippen molar-refractivity contribution in [3.05, 3.63) is 34.7 Å². The van der Waals surface area contributed by atoms with E-state index in [0.29, 0.717) is 12.1 Å². The molecule has 0 unspecified atom stereocenters. The van der Waals surface area contributed by atoms with Crippen molar-refractivity contribution in [3.8, 4) is 5.75 Å². The van der Waals surface area contributed by atoms with Crippen LogP contribution in [0.3, 0.4) is 0 Å². The van der Waals surface area contributed by atoms with E-state index in [4.69, 9.17) is 0 Å². The maximum Gasteiger partial charge on any atom is 0.120 e. The van der Waals surface area contributed by atoms with Crippen LogP contribution in [0.15, 0.2) is 29.6 Å². The van der Waals surface area contributed by atoms with Gasteiger partial charge in [0.25, 0.3) is 0 Å². The second-order valence-electron chi connectivity index (χ2n) is 2.53. The Morgan fingerprint density at radius 1 is 1.50 bits per heavy atom. The number of rotatable bonds is 3. The van der Waals surface area contributed by atoms with Gasteiger partial charge in [0, 0.05) is 12.6 Å². The van der Waals surface area contributed by atoms with E-state index in [0.717, 1.165) is 0 Å². The van der Waals surface area contributed by atoms with Gasteiger partial charge in [-0.3, -0.25) is 5.01 Å². The summed E-state index contributed by atoms with van der Waals surface area (Å²) >= 11 is 0. The number of hydrogen-bond acceptors (Lipinski definition) is 3. The van der Waals surface area contributed by atoms with Crippen LogP contribution in [0.2, 0.25) is 0 Å². The van der Waals surface area contributed by atoms with Crippen LogP contribution in [0.25, 0.3) is 0 Å². The van der Waals surface area contributed by atoms with E-state index in [1.54, 1.807) is 31.3 Å². The normalized spacial score (nSPS) is 9.42. The average molecular weight is 166 g/mol. The van der Waals surface area contributed by atoms with Crippen LogP contribution in [0, 0.1) is 4.91 Å². The fourth-order valence-electron chi connectivity index (χ4n) is 0.920. The Morgan fingerprint density at radius 2 is 2.17 bits per heavy atom. The summed E-state index contributed by atoms with van der Waals surface area (Å²) in [7, 11) is 1.56. The number of para-hydroxylation sites is 1. The van der Waals surface area contributed by atoms with E-state index in [-0.39, 0.29) is 5.75 Å². The molecule has 0 aliphatic rings. The minimum atomic E-state index is 0.188. The Morgan fingerprint density at radius 3 is 2.75 bits per heavy atom. The quantitative estimate of drug-likeness (QED) is 0.547. The lowest BCUT2D eigenvalue weighted by molar-refractivity contribution is 0.333. The van der Waals surface area contributed by atoms with E-state index in [1.165, 1.54) is 5.01 Å². The molecule has 4 heteroatoms. The summed E-state index contributed by atoms with van der Waals surface area (Å²) in [6, 6.07) is 6.85. The highest BCUT2D eigenvalue weighted by Crippen LogP contribution is 2.16. The minimum Gasteiger partial charge on any atom is -0.508 e. The summed E-state index contributed by atoms with van der Waals surface area (Å²) in [5.41, 5.74) is 0.694. The fraction of sp³-hybridized carbons (Fsp3) is 0.250. The Labute approximate surface area is 70.4 Å².